The summed E-state index contributed by atoms with van der Waals surface area (Å²) >= 11 is 1.58. The maximum Gasteiger partial charge on any atom is 0.246 e. The van der Waals surface area contributed by atoms with Crippen molar-refractivity contribution < 1.29 is 13.5 Å². The lowest BCUT2D eigenvalue weighted by Gasteiger charge is -2.17. The molecule has 0 aromatic heterocycles. The van der Waals surface area contributed by atoms with Crippen molar-refractivity contribution in [3.8, 4) is 5.75 Å². The minimum absolute atomic E-state index is 0.0430. The Morgan fingerprint density at radius 2 is 2.00 bits per heavy atom. The molecule has 6 heteroatoms. The largest absolute Gasteiger partial charge is 0.507 e. The summed E-state index contributed by atoms with van der Waals surface area (Å²) in [6.07, 6.45) is 1.92. The highest BCUT2D eigenvalue weighted by atomic mass is 32.2. The highest BCUT2D eigenvalue weighted by Crippen LogP contribution is 2.24. The summed E-state index contributed by atoms with van der Waals surface area (Å²) < 4.78 is 25.3. The van der Waals surface area contributed by atoms with E-state index in [9.17, 15) is 13.5 Å². The van der Waals surface area contributed by atoms with Crippen molar-refractivity contribution in [2.75, 3.05) is 25.6 Å². The number of rotatable bonds is 5. The Morgan fingerprint density at radius 3 is 2.56 bits per heavy atom. The number of aromatic hydroxyl groups is 1. The molecule has 0 spiro atoms. The van der Waals surface area contributed by atoms with E-state index in [0.29, 0.717) is 6.54 Å². The standard InChI is InChI=1S/C10H15NO3S2/c1-11(7-8-15-2)16(13,14)10-6-4-3-5-9(10)12/h3-6,12H,7-8H2,1-2H3. The van der Waals surface area contributed by atoms with Gasteiger partial charge in [0.2, 0.25) is 10.0 Å². The molecule has 0 heterocycles. The molecule has 16 heavy (non-hydrogen) atoms. The van der Waals surface area contributed by atoms with Crippen molar-refractivity contribution in [3.63, 3.8) is 0 Å². The van der Waals surface area contributed by atoms with Gasteiger partial charge in [-0.05, 0) is 18.4 Å². The molecule has 0 saturated heterocycles. The zero-order chi connectivity index (χ0) is 12.2. The molecule has 4 nitrogen and oxygen atoms in total. The highest BCUT2D eigenvalue weighted by molar-refractivity contribution is 7.98. The summed E-state index contributed by atoms with van der Waals surface area (Å²) in [6.45, 7) is 0.428. The van der Waals surface area contributed by atoms with Gasteiger partial charge in [0.1, 0.15) is 10.6 Å². The van der Waals surface area contributed by atoms with E-state index in [0.717, 1.165) is 5.75 Å². The van der Waals surface area contributed by atoms with Crippen molar-refractivity contribution >= 4 is 21.8 Å². The summed E-state index contributed by atoms with van der Waals surface area (Å²) in [4.78, 5) is -0.0430. The molecule has 0 amide bonds. The number of para-hydroxylation sites is 1. The Hall–Kier alpha value is -0.720. The lowest BCUT2D eigenvalue weighted by molar-refractivity contribution is 0.447. The smallest absolute Gasteiger partial charge is 0.246 e. The number of phenols is 1. The Morgan fingerprint density at radius 1 is 1.38 bits per heavy atom. The van der Waals surface area contributed by atoms with Gasteiger partial charge >= 0.3 is 0 Å². The average molecular weight is 261 g/mol. The molecule has 90 valence electrons. The quantitative estimate of drug-likeness (QED) is 0.870. The Labute approximate surface area is 100 Å². The Balaban J connectivity index is 2.98. The number of hydrogen-bond acceptors (Lipinski definition) is 4. The third-order valence-corrected chi connectivity index (χ3v) is 4.66. The van der Waals surface area contributed by atoms with Gasteiger partial charge in [-0.1, -0.05) is 12.1 Å². The van der Waals surface area contributed by atoms with Crippen LogP contribution in [0, 0.1) is 0 Å². The minimum atomic E-state index is -3.57. The Kier molecular flexibility index (Phi) is 4.64. The van der Waals surface area contributed by atoms with E-state index in [1.165, 1.54) is 23.5 Å². The van der Waals surface area contributed by atoms with Crippen LogP contribution in [0.15, 0.2) is 29.2 Å². The van der Waals surface area contributed by atoms with E-state index in [2.05, 4.69) is 0 Å². The van der Waals surface area contributed by atoms with E-state index in [-0.39, 0.29) is 10.6 Å². The van der Waals surface area contributed by atoms with Crippen molar-refractivity contribution in [2.24, 2.45) is 0 Å². The molecule has 0 aliphatic heterocycles. The van der Waals surface area contributed by atoms with Crippen molar-refractivity contribution in [3.05, 3.63) is 24.3 Å². The normalized spacial score (nSPS) is 11.9. The molecular formula is C10H15NO3S2. The van der Waals surface area contributed by atoms with E-state index in [4.69, 9.17) is 0 Å². The maximum atomic E-state index is 12.0. The first-order chi connectivity index (χ1) is 7.50. The fourth-order valence-electron chi connectivity index (χ4n) is 1.18. The molecule has 0 aliphatic carbocycles. The SMILES string of the molecule is CSCCN(C)S(=O)(=O)c1ccccc1O. The van der Waals surface area contributed by atoms with Gasteiger partial charge in [0.25, 0.3) is 0 Å². The third kappa shape index (κ3) is 2.90. The summed E-state index contributed by atoms with van der Waals surface area (Å²) in [5.74, 6) is 0.516. The highest BCUT2D eigenvalue weighted by Gasteiger charge is 2.22. The molecule has 0 aliphatic rings. The number of thioether (sulfide) groups is 1. The number of phenolic OH excluding ortho intramolecular Hbond substituents is 1. The monoisotopic (exact) mass is 261 g/mol. The summed E-state index contributed by atoms with van der Waals surface area (Å²) in [7, 11) is -2.06. The van der Waals surface area contributed by atoms with Crippen LogP contribution in [0.2, 0.25) is 0 Å². The van der Waals surface area contributed by atoms with Crippen LogP contribution in [0.5, 0.6) is 5.75 Å². The van der Waals surface area contributed by atoms with E-state index in [1.807, 2.05) is 6.26 Å². The molecule has 0 radical (unpaired) electrons. The molecule has 0 unspecified atom stereocenters. The lowest BCUT2D eigenvalue weighted by atomic mass is 10.3. The van der Waals surface area contributed by atoms with Crippen LogP contribution in [0.3, 0.4) is 0 Å². The molecule has 0 saturated carbocycles. The maximum absolute atomic E-state index is 12.0. The van der Waals surface area contributed by atoms with Gasteiger partial charge in [0, 0.05) is 19.3 Å². The molecule has 1 N–H and O–H groups in total. The van der Waals surface area contributed by atoms with Crippen LogP contribution in [0.4, 0.5) is 0 Å². The average Bonchev–Trinajstić information content (AvgIpc) is 2.26. The zero-order valence-electron chi connectivity index (χ0n) is 9.25. The molecule has 0 bridgehead atoms. The van der Waals surface area contributed by atoms with Crippen LogP contribution in [-0.2, 0) is 10.0 Å². The predicted octanol–water partition coefficient (Wildman–Crippen LogP) is 1.38. The van der Waals surface area contributed by atoms with E-state index in [1.54, 1.807) is 23.9 Å². The van der Waals surface area contributed by atoms with Crippen LogP contribution in [0.1, 0.15) is 0 Å². The summed E-state index contributed by atoms with van der Waals surface area (Å²) in [5.41, 5.74) is 0. The number of benzene rings is 1. The fourth-order valence-corrected chi connectivity index (χ4v) is 3.01. The van der Waals surface area contributed by atoms with Crippen molar-refractivity contribution in [2.45, 2.75) is 4.90 Å². The fraction of sp³-hybridized carbons (Fsp3) is 0.400. The van der Waals surface area contributed by atoms with Crippen LogP contribution in [0.25, 0.3) is 0 Å². The lowest BCUT2D eigenvalue weighted by Crippen LogP contribution is -2.29. The summed E-state index contributed by atoms with van der Waals surface area (Å²) in [6, 6.07) is 5.96. The second kappa shape index (κ2) is 5.56. The van der Waals surface area contributed by atoms with Gasteiger partial charge in [-0.15, -0.1) is 0 Å². The van der Waals surface area contributed by atoms with Crippen LogP contribution < -0.4 is 0 Å². The topological polar surface area (TPSA) is 57.6 Å². The van der Waals surface area contributed by atoms with E-state index >= 15 is 0 Å². The van der Waals surface area contributed by atoms with E-state index < -0.39 is 10.0 Å². The molecule has 1 rings (SSSR count). The minimum Gasteiger partial charge on any atom is -0.507 e. The second-order valence-corrected chi connectivity index (χ2v) is 6.29. The van der Waals surface area contributed by atoms with Gasteiger partial charge in [0.15, 0.2) is 0 Å². The van der Waals surface area contributed by atoms with Gasteiger partial charge in [-0.3, -0.25) is 0 Å². The predicted molar refractivity (Wildman–Crippen MR) is 66.3 cm³/mol. The first-order valence-corrected chi connectivity index (χ1v) is 7.57. The van der Waals surface area contributed by atoms with Gasteiger partial charge in [-0.2, -0.15) is 16.1 Å². The third-order valence-electron chi connectivity index (χ3n) is 2.16. The number of nitrogens with zero attached hydrogens (tertiary/aromatic N) is 1. The molecular weight excluding hydrogens is 246 g/mol. The van der Waals surface area contributed by atoms with Crippen LogP contribution in [-0.4, -0.2) is 43.4 Å². The second-order valence-electron chi connectivity index (χ2n) is 3.29. The number of hydrogen-bond donors (Lipinski definition) is 1. The zero-order valence-corrected chi connectivity index (χ0v) is 10.9. The first-order valence-electron chi connectivity index (χ1n) is 4.73. The van der Waals surface area contributed by atoms with Crippen molar-refractivity contribution in [1.82, 2.24) is 4.31 Å². The summed E-state index contributed by atoms with van der Waals surface area (Å²) in [5, 5.41) is 9.51. The number of sulfonamides is 1. The van der Waals surface area contributed by atoms with Gasteiger partial charge < -0.3 is 5.11 Å². The van der Waals surface area contributed by atoms with Gasteiger partial charge in [0.05, 0.1) is 0 Å². The Bertz CT molecular complexity index is 445. The van der Waals surface area contributed by atoms with Crippen LogP contribution >= 0.6 is 11.8 Å². The molecule has 1 aromatic rings. The molecule has 0 atom stereocenters. The molecule has 0 fully saturated rings. The molecule has 1 aromatic carbocycles. The van der Waals surface area contributed by atoms with Crippen molar-refractivity contribution in [1.29, 1.82) is 0 Å². The van der Waals surface area contributed by atoms with Gasteiger partial charge in [-0.25, -0.2) is 8.42 Å². The first kappa shape index (κ1) is 13.3.